The fourth-order valence-corrected chi connectivity index (χ4v) is 2.27. The Labute approximate surface area is 118 Å². The molecule has 0 saturated heterocycles. The lowest BCUT2D eigenvalue weighted by Crippen LogP contribution is -2.13. The number of hydrogen-bond donors (Lipinski definition) is 0. The molecule has 20 heavy (non-hydrogen) atoms. The van der Waals surface area contributed by atoms with Crippen molar-refractivity contribution < 1.29 is 9.53 Å². The van der Waals surface area contributed by atoms with Crippen LogP contribution in [0.2, 0.25) is 0 Å². The zero-order valence-electron chi connectivity index (χ0n) is 10.8. The Morgan fingerprint density at radius 1 is 1.60 bits per heavy atom. The van der Waals surface area contributed by atoms with Gasteiger partial charge in [0.25, 0.3) is 0 Å². The zero-order valence-corrected chi connectivity index (χ0v) is 11.6. The van der Waals surface area contributed by atoms with Gasteiger partial charge in [-0.15, -0.1) is 5.10 Å². The molecular weight excluding hydrogens is 280 g/mol. The van der Waals surface area contributed by atoms with Crippen LogP contribution in [0.3, 0.4) is 0 Å². The van der Waals surface area contributed by atoms with Gasteiger partial charge >= 0.3 is 5.97 Å². The highest BCUT2D eigenvalue weighted by Crippen LogP contribution is 2.27. The number of esters is 1. The van der Waals surface area contributed by atoms with Crippen LogP contribution in [0.4, 0.5) is 0 Å². The summed E-state index contributed by atoms with van der Waals surface area (Å²) < 4.78 is 5.85. The van der Waals surface area contributed by atoms with E-state index in [9.17, 15) is 4.79 Å². The van der Waals surface area contributed by atoms with E-state index in [2.05, 4.69) is 31.3 Å². The van der Waals surface area contributed by atoms with Crippen molar-refractivity contribution in [3.63, 3.8) is 0 Å². The second-order valence-corrected chi connectivity index (χ2v) is 4.67. The second-order valence-electron chi connectivity index (χ2n) is 3.72. The standard InChI is InChI=1S/C11H10N6O2S/c1-7-3-4-13-10(8(7)5-12)20-11-14-15-16-17(11)6-9(18)19-2/h3-4H,6H2,1-2H3. The first kappa shape index (κ1) is 14.0. The molecule has 8 nitrogen and oxygen atoms in total. The molecule has 0 spiro atoms. The average Bonchev–Trinajstić information content (AvgIpc) is 2.86. The predicted octanol–water partition coefficient (Wildman–Crippen LogP) is 0.572. The van der Waals surface area contributed by atoms with E-state index in [1.54, 1.807) is 12.3 Å². The molecule has 0 aliphatic heterocycles. The molecule has 0 N–H and O–H groups in total. The SMILES string of the molecule is COC(=O)Cn1nnnc1Sc1nccc(C)c1C#N. The van der Waals surface area contributed by atoms with Crippen molar-refractivity contribution in [2.24, 2.45) is 0 Å². The van der Waals surface area contributed by atoms with Gasteiger partial charge in [0.05, 0.1) is 12.7 Å². The van der Waals surface area contributed by atoms with Gasteiger partial charge in [-0.05, 0) is 40.7 Å². The highest BCUT2D eigenvalue weighted by molar-refractivity contribution is 7.99. The maximum atomic E-state index is 11.2. The molecule has 0 aliphatic rings. The molecule has 102 valence electrons. The van der Waals surface area contributed by atoms with Gasteiger partial charge in [-0.2, -0.15) is 5.26 Å². The number of methoxy groups -OCH3 is 1. The normalized spacial score (nSPS) is 10.1. The molecule has 0 amide bonds. The highest BCUT2D eigenvalue weighted by atomic mass is 32.2. The van der Waals surface area contributed by atoms with Crippen LogP contribution >= 0.6 is 11.8 Å². The quantitative estimate of drug-likeness (QED) is 0.752. The number of rotatable bonds is 4. The molecule has 2 heterocycles. The van der Waals surface area contributed by atoms with Gasteiger partial charge in [0.15, 0.2) is 0 Å². The molecule has 0 saturated carbocycles. The van der Waals surface area contributed by atoms with Gasteiger partial charge in [-0.3, -0.25) is 4.79 Å². The Balaban J connectivity index is 2.28. The number of aromatic nitrogens is 5. The van der Waals surface area contributed by atoms with E-state index in [1.807, 2.05) is 6.92 Å². The monoisotopic (exact) mass is 290 g/mol. The van der Waals surface area contributed by atoms with E-state index in [1.165, 1.54) is 11.8 Å². The molecular formula is C11H10N6O2S. The van der Waals surface area contributed by atoms with Crippen molar-refractivity contribution in [1.82, 2.24) is 25.2 Å². The average molecular weight is 290 g/mol. The summed E-state index contributed by atoms with van der Waals surface area (Å²) in [6.45, 7) is 1.72. The van der Waals surface area contributed by atoms with E-state index in [0.29, 0.717) is 15.7 Å². The minimum atomic E-state index is -0.461. The van der Waals surface area contributed by atoms with E-state index in [4.69, 9.17) is 5.26 Å². The van der Waals surface area contributed by atoms with Crippen molar-refractivity contribution >= 4 is 17.7 Å². The first-order valence-corrected chi connectivity index (χ1v) is 6.34. The highest BCUT2D eigenvalue weighted by Gasteiger charge is 2.15. The number of carbonyl (C=O) groups excluding carboxylic acids is 1. The lowest BCUT2D eigenvalue weighted by Gasteiger charge is -2.05. The van der Waals surface area contributed by atoms with Crippen LogP contribution in [0.15, 0.2) is 22.4 Å². The number of pyridine rings is 1. The molecule has 0 bridgehead atoms. The van der Waals surface area contributed by atoms with Crippen LogP contribution in [0, 0.1) is 18.3 Å². The van der Waals surface area contributed by atoms with Gasteiger partial charge < -0.3 is 4.74 Å². The first-order chi connectivity index (χ1) is 9.65. The van der Waals surface area contributed by atoms with Gasteiger partial charge in [-0.1, -0.05) is 0 Å². The van der Waals surface area contributed by atoms with Gasteiger partial charge in [0.2, 0.25) is 5.16 Å². The number of ether oxygens (including phenoxy) is 1. The predicted molar refractivity (Wildman–Crippen MR) is 67.6 cm³/mol. The fraction of sp³-hybridized carbons (Fsp3) is 0.273. The summed E-state index contributed by atoms with van der Waals surface area (Å²) in [4.78, 5) is 15.4. The Morgan fingerprint density at radius 3 is 3.10 bits per heavy atom. The topological polar surface area (TPSA) is 107 Å². The molecule has 0 radical (unpaired) electrons. The number of tetrazole rings is 1. The third kappa shape index (κ3) is 2.92. The Bertz CT molecular complexity index is 678. The number of aryl methyl sites for hydroxylation is 1. The van der Waals surface area contributed by atoms with Crippen molar-refractivity contribution in [2.75, 3.05) is 7.11 Å². The molecule has 2 aromatic heterocycles. The van der Waals surface area contributed by atoms with Crippen molar-refractivity contribution in [2.45, 2.75) is 23.7 Å². The minimum absolute atomic E-state index is 0.0977. The Hall–Kier alpha value is -2.47. The lowest BCUT2D eigenvalue weighted by atomic mass is 10.2. The van der Waals surface area contributed by atoms with Crippen LogP contribution in [0.25, 0.3) is 0 Å². The van der Waals surface area contributed by atoms with E-state index >= 15 is 0 Å². The van der Waals surface area contributed by atoms with E-state index < -0.39 is 5.97 Å². The molecule has 0 atom stereocenters. The van der Waals surface area contributed by atoms with E-state index in [-0.39, 0.29) is 6.54 Å². The second kappa shape index (κ2) is 6.12. The van der Waals surface area contributed by atoms with Gasteiger partial charge in [0, 0.05) is 6.20 Å². The molecule has 2 rings (SSSR count). The summed E-state index contributed by atoms with van der Waals surface area (Å²) in [5, 5.41) is 21.0. The first-order valence-electron chi connectivity index (χ1n) is 5.52. The fourth-order valence-electron chi connectivity index (χ4n) is 1.39. The van der Waals surface area contributed by atoms with Gasteiger partial charge in [0.1, 0.15) is 17.6 Å². The maximum absolute atomic E-state index is 11.2. The van der Waals surface area contributed by atoms with Crippen molar-refractivity contribution in [3.05, 3.63) is 23.4 Å². The number of carbonyl (C=O) groups is 1. The summed E-state index contributed by atoms with van der Waals surface area (Å²) in [7, 11) is 1.29. The van der Waals surface area contributed by atoms with Crippen molar-refractivity contribution in [1.29, 1.82) is 5.26 Å². The van der Waals surface area contributed by atoms with Crippen molar-refractivity contribution in [3.8, 4) is 6.07 Å². The lowest BCUT2D eigenvalue weighted by molar-refractivity contribution is -0.141. The number of nitriles is 1. The maximum Gasteiger partial charge on any atom is 0.327 e. The van der Waals surface area contributed by atoms with Crippen LogP contribution in [0.1, 0.15) is 11.1 Å². The number of nitrogens with zero attached hydrogens (tertiary/aromatic N) is 6. The summed E-state index contributed by atoms with van der Waals surface area (Å²) >= 11 is 1.12. The zero-order chi connectivity index (χ0) is 14.5. The smallest absolute Gasteiger partial charge is 0.327 e. The van der Waals surface area contributed by atoms with Crippen LogP contribution in [-0.4, -0.2) is 38.3 Å². The third-order valence-corrected chi connectivity index (χ3v) is 3.41. The molecule has 9 heteroatoms. The summed E-state index contributed by atoms with van der Waals surface area (Å²) in [6, 6.07) is 3.84. The molecule has 0 aliphatic carbocycles. The van der Waals surface area contributed by atoms with Crippen LogP contribution in [-0.2, 0) is 16.1 Å². The molecule has 2 aromatic rings. The molecule has 0 fully saturated rings. The van der Waals surface area contributed by atoms with Crippen LogP contribution < -0.4 is 0 Å². The Kier molecular flexibility index (Phi) is 4.27. The summed E-state index contributed by atoms with van der Waals surface area (Å²) in [6.07, 6.45) is 1.60. The minimum Gasteiger partial charge on any atom is -0.468 e. The molecule has 0 aromatic carbocycles. The van der Waals surface area contributed by atoms with E-state index in [0.717, 1.165) is 17.3 Å². The van der Waals surface area contributed by atoms with Gasteiger partial charge in [-0.25, -0.2) is 9.67 Å². The largest absolute Gasteiger partial charge is 0.468 e. The third-order valence-electron chi connectivity index (χ3n) is 2.43. The Morgan fingerprint density at radius 2 is 2.40 bits per heavy atom. The van der Waals surface area contributed by atoms with Crippen LogP contribution in [0.5, 0.6) is 0 Å². The molecule has 0 unspecified atom stereocenters. The summed E-state index contributed by atoms with van der Waals surface area (Å²) in [5.41, 5.74) is 1.28. The summed E-state index contributed by atoms with van der Waals surface area (Å²) in [5.74, 6) is -0.461. The number of hydrogen-bond acceptors (Lipinski definition) is 8.